The minimum atomic E-state index is -0.635. The molecular weight excluding hydrogens is 172 g/mol. The van der Waals surface area contributed by atoms with Crippen molar-refractivity contribution in [3.8, 4) is 11.8 Å². The molecule has 0 amide bonds. The van der Waals surface area contributed by atoms with Crippen LogP contribution >= 0.6 is 0 Å². The zero-order chi connectivity index (χ0) is 9.10. The fourth-order valence-electron chi connectivity index (χ4n) is 0.810. The van der Waals surface area contributed by atoms with E-state index in [1.54, 1.807) is 24.3 Å². The van der Waals surface area contributed by atoms with E-state index in [0.29, 0.717) is 5.75 Å². The van der Waals surface area contributed by atoms with E-state index in [0.717, 1.165) is 4.85 Å². The normalized spacial score (nSPS) is 9.85. The van der Waals surface area contributed by atoms with E-state index in [-0.39, 0.29) is 0 Å². The Balaban J connectivity index is 2.20. The van der Waals surface area contributed by atoms with Gasteiger partial charge in [0.2, 0.25) is 0 Å². The maximum atomic E-state index is 10.8. The van der Waals surface area contributed by atoms with Crippen LogP contribution in [0.15, 0.2) is 30.3 Å². The molecule has 0 unspecified atom stereocenters. The Kier molecular flexibility index (Phi) is 1.79. The van der Waals surface area contributed by atoms with Crippen molar-refractivity contribution in [2.45, 2.75) is 0 Å². The van der Waals surface area contributed by atoms with Gasteiger partial charge in [0.15, 0.2) is 5.75 Å². The summed E-state index contributed by atoms with van der Waals surface area (Å²) in [5, 5.41) is 20.4. The molecule has 6 heteroatoms. The Morgan fingerprint density at radius 1 is 1.23 bits per heavy atom. The Morgan fingerprint density at radius 2 is 2.00 bits per heavy atom. The number of tetrazole rings is 1. The first-order valence-corrected chi connectivity index (χ1v) is 3.55. The molecule has 13 heavy (non-hydrogen) atoms. The number of rotatable bonds is 2. The molecule has 0 bridgehead atoms. The van der Waals surface area contributed by atoms with Crippen LogP contribution in [0.25, 0.3) is 0 Å². The summed E-state index contributed by atoms with van der Waals surface area (Å²) in [5.41, 5.74) is 0. The highest BCUT2D eigenvalue weighted by atomic mass is 16.7. The zero-order valence-corrected chi connectivity index (χ0v) is 6.49. The lowest BCUT2D eigenvalue weighted by Gasteiger charge is -2.00. The van der Waals surface area contributed by atoms with Crippen molar-refractivity contribution in [2.75, 3.05) is 0 Å². The summed E-state index contributed by atoms with van der Waals surface area (Å²) >= 11 is 0. The largest absolute Gasteiger partial charge is 0.420 e. The Labute approximate surface area is 73.3 Å². The molecule has 0 N–H and O–H groups in total. The number of aromatic nitrogens is 4. The van der Waals surface area contributed by atoms with Gasteiger partial charge in [0.05, 0.1) is 0 Å². The third kappa shape index (κ3) is 1.56. The van der Waals surface area contributed by atoms with Gasteiger partial charge in [-0.1, -0.05) is 23.3 Å². The highest BCUT2D eigenvalue weighted by Gasteiger charge is 2.06. The minimum absolute atomic E-state index is 0.506. The Bertz CT molecular complexity index is 386. The second-order valence-corrected chi connectivity index (χ2v) is 2.24. The lowest BCUT2D eigenvalue weighted by atomic mass is 10.3. The van der Waals surface area contributed by atoms with Crippen molar-refractivity contribution in [2.24, 2.45) is 0 Å². The topological polar surface area (TPSA) is 72.7 Å². The number of nitrogens with zero attached hydrogens (tertiary/aromatic N) is 4. The molecule has 2 aromatic rings. The van der Waals surface area contributed by atoms with Gasteiger partial charge < -0.3 is 4.84 Å². The molecule has 6 nitrogen and oxygen atoms in total. The monoisotopic (exact) mass is 177 g/mol. The highest BCUT2D eigenvalue weighted by molar-refractivity contribution is 5.20. The van der Waals surface area contributed by atoms with E-state index in [2.05, 4.69) is 15.5 Å². The fraction of sp³-hybridized carbons (Fsp3) is 0. The average Bonchev–Trinajstić information content (AvgIpc) is 2.54. The van der Waals surface area contributed by atoms with E-state index in [1.165, 1.54) is 0 Å². The first kappa shape index (κ1) is 7.53. The average molecular weight is 177 g/mol. The molecule has 1 heterocycles. The van der Waals surface area contributed by atoms with Crippen molar-refractivity contribution in [1.29, 1.82) is 0 Å². The van der Waals surface area contributed by atoms with Crippen molar-refractivity contribution in [1.82, 2.24) is 20.4 Å². The Hall–Kier alpha value is -2.11. The molecule has 0 aliphatic carbocycles. The van der Waals surface area contributed by atoms with Crippen LogP contribution in [0.3, 0.4) is 0 Å². The highest BCUT2D eigenvalue weighted by Crippen LogP contribution is 2.10. The molecule has 1 aromatic carbocycles. The van der Waals surface area contributed by atoms with Gasteiger partial charge in [0.25, 0.3) is 0 Å². The molecule has 1 radical (unpaired) electrons. The lowest BCUT2D eigenvalue weighted by molar-refractivity contribution is 0.125. The molecule has 2 rings (SSSR count). The standard InChI is InChI=1S/C7H5N4O2/c12-7-8-9-10-11(7)13-6-4-2-1-3-5-6/h1-5H. The van der Waals surface area contributed by atoms with Crippen LogP contribution in [0.2, 0.25) is 0 Å². The molecule has 1 aromatic heterocycles. The van der Waals surface area contributed by atoms with E-state index >= 15 is 0 Å². The number of benzene rings is 1. The van der Waals surface area contributed by atoms with Crippen LogP contribution in [0.4, 0.5) is 0 Å². The third-order valence-corrected chi connectivity index (χ3v) is 1.35. The van der Waals surface area contributed by atoms with Gasteiger partial charge in [-0.05, 0) is 27.4 Å². The first-order valence-electron chi connectivity index (χ1n) is 3.55. The molecule has 0 atom stereocenters. The van der Waals surface area contributed by atoms with Crippen LogP contribution in [0.1, 0.15) is 0 Å². The van der Waals surface area contributed by atoms with Gasteiger partial charge in [0.1, 0.15) is 0 Å². The van der Waals surface area contributed by atoms with Gasteiger partial charge in [0, 0.05) is 0 Å². The van der Waals surface area contributed by atoms with Crippen LogP contribution in [0, 0.1) is 0 Å². The molecule has 0 fully saturated rings. The minimum Gasteiger partial charge on any atom is -0.352 e. The van der Waals surface area contributed by atoms with E-state index in [4.69, 9.17) is 4.84 Å². The molecule has 65 valence electrons. The summed E-state index contributed by atoms with van der Waals surface area (Å²) in [7, 11) is 0. The third-order valence-electron chi connectivity index (χ3n) is 1.35. The second-order valence-electron chi connectivity index (χ2n) is 2.24. The predicted octanol–water partition coefficient (Wildman–Crippen LogP) is 0.659. The summed E-state index contributed by atoms with van der Waals surface area (Å²) < 4.78 is 0. The lowest BCUT2D eigenvalue weighted by Crippen LogP contribution is -2.06. The maximum Gasteiger partial charge on any atom is 0.420 e. The summed E-state index contributed by atoms with van der Waals surface area (Å²) in [4.78, 5) is 5.73. The SMILES string of the molecule is [O]c1nnnn1Oc1ccccc1. The predicted molar refractivity (Wildman–Crippen MR) is 40.4 cm³/mol. The molecule has 0 aliphatic rings. The first-order chi connectivity index (χ1) is 6.36. The van der Waals surface area contributed by atoms with Crippen molar-refractivity contribution in [3.63, 3.8) is 0 Å². The smallest absolute Gasteiger partial charge is 0.352 e. The van der Waals surface area contributed by atoms with Gasteiger partial charge in [-0.3, -0.25) is 0 Å². The van der Waals surface area contributed by atoms with Crippen LogP contribution in [0.5, 0.6) is 11.8 Å². The van der Waals surface area contributed by atoms with E-state index in [1.807, 2.05) is 6.07 Å². The molecule has 0 aliphatic heterocycles. The van der Waals surface area contributed by atoms with E-state index in [9.17, 15) is 5.11 Å². The summed E-state index contributed by atoms with van der Waals surface area (Å²) in [6.07, 6.45) is 0. The van der Waals surface area contributed by atoms with Crippen molar-refractivity contribution < 1.29 is 9.94 Å². The molecule has 0 saturated heterocycles. The van der Waals surface area contributed by atoms with Gasteiger partial charge in [-0.2, -0.15) is 0 Å². The quantitative estimate of drug-likeness (QED) is 0.675. The van der Waals surface area contributed by atoms with E-state index < -0.39 is 6.01 Å². The van der Waals surface area contributed by atoms with Crippen LogP contribution < -0.4 is 4.84 Å². The van der Waals surface area contributed by atoms with Gasteiger partial charge in [-0.25, -0.2) is 5.11 Å². The summed E-state index contributed by atoms with van der Waals surface area (Å²) in [6.45, 7) is 0. The summed E-state index contributed by atoms with van der Waals surface area (Å²) in [6, 6.07) is 8.16. The second kappa shape index (κ2) is 3.10. The number of para-hydroxylation sites is 1. The van der Waals surface area contributed by atoms with Crippen LogP contribution in [-0.2, 0) is 5.11 Å². The zero-order valence-electron chi connectivity index (χ0n) is 6.49. The molecular formula is C7H5N4O2. The Morgan fingerprint density at radius 3 is 2.62 bits per heavy atom. The van der Waals surface area contributed by atoms with Gasteiger partial charge >= 0.3 is 6.01 Å². The van der Waals surface area contributed by atoms with Crippen LogP contribution in [-0.4, -0.2) is 20.4 Å². The number of hydrogen-bond donors (Lipinski definition) is 0. The molecule has 0 spiro atoms. The molecule has 0 saturated carbocycles. The fourth-order valence-corrected chi connectivity index (χ4v) is 0.810. The van der Waals surface area contributed by atoms with Gasteiger partial charge in [-0.15, -0.1) is 0 Å². The number of hydrogen-bond acceptors (Lipinski definition) is 4. The maximum absolute atomic E-state index is 10.8. The van der Waals surface area contributed by atoms with Crippen molar-refractivity contribution in [3.05, 3.63) is 30.3 Å². The van der Waals surface area contributed by atoms with Crippen molar-refractivity contribution >= 4 is 0 Å². The summed E-state index contributed by atoms with van der Waals surface area (Å²) in [5.74, 6) is 0.506.